The van der Waals surface area contributed by atoms with Gasteiger partial charge in [0.1, 0.15) is 18.5 Å². The monoisotopic (exact) mass is 525 g/mol. The Kier molecular flexibility index (Phi) is 9.16. The molecule has 0 aliphatic carbocycles. The van der Waals surface area contributed by atoms with Crippen LogP contribution in [-0.2, 0) is 9.53 Å². The van der Waals surface area contributed by atoms with Gasteiger partial charge in [0.25, 0.3) is 0 Å². The first-order valence-electron chi connectivity index (χ1n) is 12.6. The average molecular weight is 526 g/mol. The smallest absolute Gasteiger partial charge is 0.412 e. The Balaban J connectivity index is 1.57. The van der Waals surface area contributed by atoms with Crippen molar-refractivity contribution < 1.29 is 24.2 Å². The highest BCUT2D eigenvalue weighted by atomic mass is 16.6. The highest BCUT2D eigenvalue weighted by molar-refractivity contribution is 6.01. The zero-order valence-corrected chi connectivity index (χ0v) is 21.5. The van der Waals surface area contributed by atoms with Crippen LogP contribution in [-0.4, -0.2) is 30.3 Å². The summed E-state index contributed by atoms with van der Waals surface area (Å²) >= 11 is 0. The van der Waals surface area contributed by atoms with Gasteiger partial charge in [0, 0.05) is 16.9 Å². The van der Waals surface area contributed by atoms with Crippen LogP contribution >= 0.6 is 0 Å². The standard InChI is InChI=1S/C31H31N3O5/c1-21(17-18-29(36)33-27-14-6-5-13-25(27)32)30(24-12-4-7-16-28(24)38-20-19-35)39-31(37)34-26-15-8-10-22-9-2-3-11-23(22)26/h2-18,21,30,35H,19-20,32H2,1H3,(H,33,36)(H,34,37)/b18-17+/t21-,30-/m0/s1. The van der Waals surface area contributed by atoms with E-state index in [-0.39, 0.29) is 19.1 Å². The van der Waals surface area contributed by atoms with Crippen LogP contribution in [0.15, 0.2) is 103 Å². The van der Waals surface area contributed by atoms with E-state index in [1.54, 1.807) is 60.7 Å². The number of benzene rings is 4. The summed E-state index contributed by atoms with van der Waals surface area (Å²) in [6.45, 7) is 1.75. The van der Waals surface area contributed by atoms with Crippen molar-refractivity contribution in [3.8, 4) is 5.75 Å². The Morgan fingerprint density at radius 1 is 0.897 bits per heavy atom. The van der Waals surface area contributed by atoms with Crippen LogP contribution in [0.5, 0.6) is 5.75 Å². The lowest BCUT2D eigenvalue weighted by Crippen LogP contribution is -2.22. The number of carbonyl (C=O) groups is 2. The Labute approximate surface area is 227 Å². The number of carbonyl (C=O) groups excluding carboxylic acids is 2. The predicted molar refractivity (Wildman–Crippen MR) is 154 cm³/mol. The molecule has 0 heterocycles. The summed E-state index contributed by atoms with van der Waals surface area (Å²) in [5.74, 6) is -0.333. The molecule has 0 saturated heterocycles. The van der Waals surface area contributed by atoms with E-state index in [9.17, 15) is 14.7 Å². The number of ether oxygens (including phenoxy) is 2. The third-order valence-electron chi connectivity index (χ3n) is 6.08. The largest absolute Gasteiger partial charge is 0.491 e. The summed E-state index contributed by atoms with van der Waals surface area (Å²) in [6.07, 6.45) is 1.58. The number of fused-ring (bicyclic) bond motifs is 1. The van der Waals surface area contributed by atoms with Crippen LogP contribution < -0.4 is 21.1 Å². The number of hydrogen-bond donors (Lipinski definition) is 4. The zero-order valence-electron chi connectivity index (χ0n) is 21.5. The normalized spacial score (nSPS) is 12.6. The molecule has 0 radical (unpaired) electrons. The SMILES string of the molecule is C[C@@H](/C=C/C(=O)Nc1ccccc1N)[C@H](OC(=O)Nc1cccc2ccccc12)c1ccccc1OCCO. The number of hydrogen-bond acceptors (Lipinski definition) is 6. The number of amides is 2. The third kappa shape index (κ3) is 7.15. The lowest BCUT2D eigenvalue weighted by molar-refractivity contribution is -0.111. The molecule has 4 rings (SSSR count). The molecule has 5 N–H and O–H groups in total. The number of anilines is 3. The number of nitrogens with two attached hydrogens (primary N) is 1. The van der Waals surface area contributed by atoms with Crippen molar-refractivity contribution in [1.82, 2.24) is 0 Å². The number of nitrogens with one attached hydrogen (secondary N) is 2. The van der Waals surface area contributed by atoms with Crippen LogP contribution in [0.3, 0.4) is 0 Å². The number of rotatable bonds is 10. The van der Waals surface area contributed by atoms with E-state index in [1.165, 1.54) is 6.08 Å². The van der Waals surface area contributed by atoms with Gasteiger partial charge in [-0.1, -0.05) is 79.7 Å². The third-order valence-corrected chi connectivity index (χ3v) is 6.08. The fraction of sp³-hybridized carbons (Fsp3) is 0.161. The van der Waals surface area contributed by atoms with Gasteiger partial charge in [-0.2, -0.15) is 0 Å². The van der Waals surface area contributed by atoms with Crippen LogP contribution in [0.2, 0.25) is 0 Å². The summed E-state index contributed by atoms with van der Waals surface area (Å²) in [7, 11) is 0. The highest BCUT2D eigenvalue weighted by Gasteiger charge is 2.26. The van der Waals surface area contributed by atoms with Crippen LogP contribution in [0.1, 0.15) is 18.6 Å². The topological polar surface area (TPSA) is 123 Å². The van der Waals surface area contributed by atoms with Crippen molar-refractivity contribution in [3.05, 3.63) is 109 Å². The second kappa shape index (κ2) is 13.1. The molecule has 4 aromatic rings. The van der Waals surface area contributed by atoms with Crippen molar-refractivity contribution in [3.63, 3.8) is 0 Å². The van der Waals surface area contributed by atoms with Gasteiger partial charge >= 0.3 is 6.09 Å². The van der Waals surface area contributed by atoms with E-state index >= 15 is 0 Å². The Morgan fingerprint density at radius 2 is 1.59 bits per heavy atom. The van der Waals surface area contributed by atoms with Gasteiger partial charge in [-0.15, -0.1) is 0 Å². The number of nitrogen functional groups attached to an aromatic ring is 1. The predicted octanol–water partition coefficient (Wildman–Crippen LogP) is 5.91. The molecular weight excluding hydrogens is 494 g/mol. The summed E-state index contributed by atoms with van der Waals surface area (Å²) in [5, 5.41) is 16.7. The van der Waals surface area contributed by atoms with Crippen LogP contribution in [0, 0.1) is 5.92 Å². The van der Waals surface area contributed by atoms with Crippen molar-refractivity contribution >= 4 is 39.8 Å². The molecule has 0 aromatic heterocycles. The lowest BCUT2D eigenvalue weighted by Gasteiger charge is -2.25. The lowest BCUT2D eigenvalue weighted by atomic mass is 9.95. The molecule has 0 saturated carbocycles. The maximum Gasteiger partial charge on any atom is 0.412 e. The molecule has 0 spiro atoms. The van der Waals surface area contributed by atoms with E-state index in [2.05, 4.69) is 10.6 Å². The quantitative estimate of drug-likeness (QED) is 0.151. The highest BCUT2D eigenvalue weighted by Crippen LogP contribution is 2.35. The molecule has 0 bridgehead atoms. The van der Waals surface area contributed by atoms with Gasteiger partial charge in [0.15, 0.2) is 0 Å². The molecule has 0 fully saturated rings. The van der Waals surface area contributed by atoms with Gasteiger partial charge < -0.3 is 25.6 Å². The summed E-state index contributed by atoms with van der Waals surface area (Å²) < 4.78 is 11.7. The van der Waals surface area contributed by atoms with Crippen molar-refractivity contribution in [2.24, 2.45) is 5.92 Å². The van der Waals surface area contributed by atoms with Crippen molar-refractivity contribution in [2.45, 2.75) is 13.0 Å². The van der Waals surface area contributed by atoms with E-state index in [0.29, 0.717) is 28.4 Å². The van der Waals surface area contributed by atoms with E-state index in [4.69, 9.17) is 15.2 Å². The Bertz CT molecular complexity index is 1460. The van der Waals surface area contributed by atoms with E-state index < -0.39 is 18.1 Å². The first-order chi connectivity index (χ1) is 19.0. The van der Waals surface area contributed by atoms with Crippen molar-refractivity contribution in [1.29, 1.82) is 0 Å². The zero-order chi connectivity index (χ0) is 27.6. The molecule has 8 nitrogen and oxygen atoms in total. The number of aliphatic hydroxyl groups is 1. The molecule has 39 heavy (non-hydrogen) atoms. The van der Waals surface area contributed by atoms with Gasteiger partial charge in [-0.3, -0.25) is 10.1 Å². The molecule has 4 aromatic carbocycles. The molecule has 8 heteroatoms. The summed E-state index contributed by atoms with van der Waals surface area (Å²) in [4.78, 5) is 25.8. The minimum atomic E-state index is -0.805. The van der Waals surface area contributed by atoms with Crippen molar-refractivity contribution in [2.75, 3.05) is 29.6 Å². The summed E-state index contributed by atoms with van der Waals surface area (Å²) in [6, 6.07) is 27.4. The number of para-hydroxylation sites is 3. The van der Waals surface area contributed by atoms with Gasteiger partial charge in [0.05, 0.1) is 23.7 Å². The van der Waals surface area contributed by atoms with Crippen LogP contribution in [0.4, 0.5) is 21.9 Å². The van der Waals surface area contributed by atoms with E-state index in [1.807, 2.05) is 43.3 Å². The second-order valence-corrected chi connectivity index (χ2v) is 8.88. The molecule has 2 atom stereocenters. The van der Waals surface area contributed by atoms with E-state index in [0.717, 1.165) is 10.8 Å². The molecule has 2 amide bonds. The fourth-order valence-electron chi connectivity index (χ4n) is 4.17. The summed E-state index contributed by atoms with van der Waals surface area (Å²) in [5.41, 5.74) is 8.10. The first kappa shape index (κ1) is 27.2. The van der Waals surface area contributed by atoms with Gasteiger partial charge in [-0.05, 0) is 35.7 Å². The maximum absolute atomic E-state index is 13.2. The fourth-order valence-corrected chi connectivity index (χ4v) is 4.17. The van der Waals surface area contributed by atoms with Gasteiger partial charge in [0.2, 0.25) is 5.91 Å². The van der Waals surface area contributed by atoms with Gasteiger partial charge in [-0.25, -0.2) is 4.79 Å². The molecule has 0 aliphatic rings. The molecule has 0 aliphatic heterocycles. The maximum atomic E-state index is 13.2. The first-order valence-corrected chi connectivity index (χ1v) is 12.6. The second-order valence-electron chi connectivity index (χ2n) is 8.88. The molecule has 200 valence electrons. The Morgan fingerprint density at radius 3 is 2.41 bits per heavy atom. The Hall–Kier alpha value is -4.82. The minimum Gasteiger partial charge on any atom is -0.491 e. The molecular formula is C31H31N3O5. The van der Waals surface area contributed by atoms with Crippen LogP contribution in [0.25, 0.3) is 10.8 Å². The molecule has 0 unspecified atom stereocenters. The number of aliphatic hydroxyl groups excluding tert-OH is 1. The average Bonchev–Trinajstić information content (AvgIpc) is 2.95. The minimum absolute atomic E-state index is 0.0804.